The van der Waals surface area contributed by atoms with Crippen molar-refractivity contribution in [2.24, 2.45) is 5.92 Å². The molecule has 0 spiro atoms. The zero-order chi connectivity index (χ0) is 60.7. The number of aromatic amines is 3. The SMILES string of the molecule is CN1CC(N(C)c2nc3nnc(-c4ccc(-c5cn[nH]c5)cc4O)cc3s2)C1.CNC1CCC(N(C)c2nc3cnc(-c4ccc(-c5cn[nH]c5)cc4O)cc3s2)CC1.Oc1cc(-c2cn[nH]c2)ccc1-c1cc2sc(N3CC[C@H]4CCCC[C@H]43)nc2nn1. The van der Waals surface area contributed by atoms with Crippen LogP contribution < -0.4 is 20.0 Å². The zero-order valence-electron chi connectivity index (χ0n) is 49.6. The molecule has 9 aromatic heterocycles. The molecule has 0 amide bonds. The number of nitrogens with one attached hydrogen (secondary N) is 4. The normalized spacial score (nSPS) is 18.5. The number of likely N-dealkylation sites (N-methyl/N-ethyl adjacent to an activating group) is 2. The fraction of sp³-hybridized carbons (Fsp3) is 0.328. The smallest absolute Gasteiger partial charge is 0.194 e. The van der Waals surface area contributed by atoms with Gasteiger partial charge in [-0.2, -0.15) is 25.3 Å². The molecule has 2 aliphatic carbocycles. The van der Waals surface area contributed by atoms with Crippen molar-refractivity contribution in [2.75, 3.05) is 62.5 Å². The molecule has 7 N–H and O–H groups in total. The van der Waals surface area contributed by atoms with Gasteiger partial charge < -0.3 is 40.2 Å². The maximum atomic E-state index is 10.6. The quantitative estimate of drug-likeness (QED) is 0.0599. The average molecular weight is 1250 g/mol. The van der Waals surface area contributed by atoms with Crippen LogP contribution in [-0.4, -0.2) is 163 Å². The lowest BCUT2D eigenvalue weighted by atomic mass is 9.85. The summed E-state index contributed by atoms with van der Waals surface area (Å²) >= 11 is 4.97. The second kappa shape index (κ2) is 24.9. The molecule has 2 saturated carbocycles. The molecule has 25 heteroatoms. The molecule has 4 aliphatic rings. The molecule has 2 saturated heterocycles. The van der Waals surface area contributed by atoms with Crippen molar-refractivity contribution < 1.29 is 15.3 Å². The highest BCUT2D eigenvalue weighted by molar-refractivity contribution is 7.23. The molecule has 3 aromatic carbocycles. The first-order chi connectivity index (χ1) is 43.5. The van der Waals surface area contributed by atoms with E-state index < -0.39 is 0 Å². The van der Waals surface area contributed by atoms with Gasteiger partial charge in [0.1, 0.15) is 22.8 Å². The van der Waals surface area contributed by atoms with Gasteiger partial charge in [-0.1, -0.05) is 65.1 Å². The maximum absolute atomic E-state index is 10.6. The third-order valence-corrected chi connectivity index (χ3v) is 21.2. The highest BCUT2D eigenvalue weighted by Gasteiger charge is 2.37. The number of pyridine rings is 1. The monoisotopic (exact) mass is 1250 g/mol. The van der Waals surface area contributed by atoms with Crippen molar-refractivity contribution >= 4 is 80.3 Å². The molecule has 11 heterocycles. The number of anilines is 3. The number of hydrogen-bond acceptors (Lipinski definition) is 22. The first-order valence-corrected chi connectivity index (χ1v) is 32.5. The van der Waals surface area contributed by atoms with Crippen LogP contribution in [-0.2, 0) is 0 Å². The summed E-state index contributed by atoms with van der Waals surface area (Å²) in [6.45, 7) is 3.17. The lowest BCUT2D eigenvalue weighted by Gasteiger charge is -2.41. The molecular formula is C64H67N19O3S3. The average Bonchev–Trinajstić information content (AvgIpc) is 2.63. The van der Waals surface area contributed by atoms with E-state index in [4.69, 9.17) is 9.97 Å². The van der Waals surface area contributed by atoms with Gasteiger partial charge >= 0.3 is 0 Å². The van der Waals surface area contributed by atoms with Gasteiger partial charge in [-0.3, -0.25) is 20.3 Å². The van der Waals surface area contributed by atoms with Gasteiger partial charge in [0, 0.05) is 104 Å². The highest BCUT2D eigenvalue weighted by Crippen LogP contribution is 2.43. The number of nitrogens with zero attached hydrogens (tertiary/aromatic N) is 15. The predicted octanol–water partition coefficient (Wildman–Crippen LogP) is 11.6. The largest absolute Gasteiger partial charge is 0.507 e. The fourth-order valence-electron chi connectivity index (χ4n) is 12.7. The number of rotatable bonds is 12. The van der Waals surface area contributed by atoms with Gasteiger partial charge in [-0.05, 0) is 136 Å². The Balaban J connectivity index is 0.000000117. The van der Waals surface area contributed by atoms with Crippen LogP contribution in [0.25, 0.3) is 98.1 Å². The summed E-state index contributed by atoms with van der Waals surface area (Å²) in [4.78, 5) is 28.1. The van der Waals surface area contributed by atoms with E-state index in [0.717, 1.165) is 99.6 Å². The Labute approximate surface area is 524 Å². The minimum absolute atomic E-state index is 0.159. The van der Waals surface area contributed by atoms with Crippen LogP contribution in [0.4, 0.5) is 15.4 Å². The summed E-state index contributed by atoms with van der Waals surface area (Å²) in [5.74, 6) is 1.36. The predicted molar refractivity (Wildman–Crippen MR) is 353 cm³/mol. The Morgan fingerprint density at radius 1 is 0.528 bits per heavy atom. The van der Waals surface area contributed by atoms with E-state index in [1.54, 1.807) is 95.6 Å². The topological polar surface area (TPSA) is 275 Å². The van der Waals surface area contributed by atoms with Crippen LogP contribution in [0.15, 0.2) is 116 Å². The van der Waals surface area contributed by atoms with E-state index in [2.05, 4.69) is 114 Å². The van der Waals surface area contributed by atoms with E-state index in [1.165, 1.54) is 57.8 Å². The Bertz CT molecular complexity index is 4410. The fourth-order valence-corrected chi connectivity index (χ4v) is 15.7. The van der Waals surface area contributed by atoms with Gasteiger partial charge in [-0.25, -0.2) is 4.98 Å². The van der Waals surface area contributed by atoms with Crippen LogP contribution in [0.5, 0.6) is 17.2 Å². The van der Waals surface area contributed by atoms with E-state index in [-0.39, 0.29) is 17.2 Å². The third kappa shape index (κ3) is 11.9. The third-order valence-electron chi connectivity index (χ3n) is 18.0. The van der Waals surface area contributed by atoms with Crippen LogP contribution >= 0.6 is 34.0 Å². The van der Waals surface area contributed by atoms with Gasteiger partial charge in [0.2, 0.25) is 0 Å². The van der Waals surface area contributed by atoms with Crippen molar-refractivity contribution in [3.63, 3.8) is 0 Å². The summed E-state index contributed by atoms with van der Waals surface area (Å²) < 4.78 is 3.04. The summed E-state index contributed by atoms with van der Waals surface area (Å²) in [6.07, 6.45) is 23.7. The molecule has 12 aromatic rings. The maximum Gasteiger partial charge on any atom is 0.194 e. The molecule has 4 fully saturated rings. The number of phenols is 3. The first kappa shape index (κ1) is 57.7. The van der Waals surface area contributed by atoms with Crippen molar-refractivity contribution in [1.82, 2.24) is 81.1 Å². The van der Waals surface area contributed by atoms with Crippen molar-refractivity contribution in [2.45, 2.75) is 82.0 Å². The molecule has 22 nitrogen and oxygen atoms in total. The van der Waals surface area contributed by atoms with E-state index in [9.17, 15) is 15.3 Å². The molecule has 0 bridgehead atoms. The summed E-state index contributed by atoms with van der Waals surface area (Å²) in [5, 5.41) is 75.7. The number of H-pyrrole nitrogens is 3. The van der Waals surface area contributed by atoms with Crippen molar-refractivity contribution in [3.05, 3.63) is 116 Å². The van der Waals surface area contributed by atoms with E-state index in [1.807, 2.05) is 54.6 Å². The molecular weight excluding hydrogens is 1180 g/mol. The Morgan fingerprint density at radius 2 is 1.04 bits per heavy atom. The molecule has 89 heavy (non-hydrogen) atoms. The molecule has 2 aliphatic heterocycles. The molecule has 454 valence electrons. The van der Waals surface area contributed by atoms with Crippen LogP contribution in [0.2, 0.25) is 0 Å². The summed E-state index contributed by atoms with van der Waals surface area (Å²) in [7, 11) is 8.39. The number of aromatic hydroxyl groups is 3. The Hall–Kier alpha value is -9.01. The van der Waals surface area contributed by atoms with E-state index >= 15 is 0 Å². The molecule has 2 atom stereocenters. The van der Waals surface area contributed by atoms with Crippen molar-refractivity contribution in [1.29, 1.82) is 0 Å². The minimum atomic E-state index is 0.159. The standard InChI is InChI=1S/C23H26N6OS.C22H22N6OS.C19H19N7OS/c1-24-16-4-6-17(7-5-16)29(2)23-28-20-13-25-19(10-22(20)31-23)18-8-3-14(9-21(18)30)15-11-26-27-12-15;29-19-9-14(15-11-23-24-12-15)5-6-16(19)17-10-20-21(27-26-17)25-22(30-20)28-8-7-13-3-1-2-4-18(13)28;1-25-9-13(10-25)26(2)19-22-18-17(28-19)6-15(23-24-18)14-4-3-11(5-16(14)27)12-7-20-21-8-12/h3,8-13,16-17,24,30H,4-7H2,1-2H3,(H,26,27);5-6,9-13,18,29H,1-4,7-8H2,(H,23,24);3-8,13,27H,9-10H2,1-2H3,(H,20,21)/t;13-,18-;/m.1./s1. The van der Waals surface area contributed by atoms with Crippen molar-refractivity contribution in [3.8, 4) is 84.4 Å². The lowest BCUT2D eigenvalue weighted by molar-refractivity contribution is 0.187. The Morgan fingerprint density at radius 3 is 1.60 bits per heavy atom. The molecule has 0 radical (unpaired) electrons. The second-order valence-electron chi connectivity index (χ2n) is 23.5. The van der Waals surface area contributed by atoms with Gasteiger partial charge in [0.15, 0.2) is 26.7 Å². The number of phenolic OH excluding ortho intramolecular Hbond substituents is 3. The number of likely N-dealkylation sites (tertiary alicyclic amines) is 1. The van der Waals surface area contributed by atoms with E-state index in [0.29, 0.717) is 63.5 Å². The van der Waals surface area contributed by atoms with Gasteiger partial charge in [-0.15, -0.1) is 20.4 Å². The summed E-state index contributed by atoms with van der Waals surface area (Å²) in [5.41, 5.74) is 11.7. The molecule has 16 rings (SSSR count). The minimum Gasteiger partial charge on any atom is -0.507 e. The number of thiazole rings is 3. The Kier molecular flexibility index (Phi) is 16.1. The molecule has 0 unspecified atom stereocenters. The number of fused-ring (bicyclic) bond motifs is 4. The van der Waals surface area contributed by atoms with Crippen LogP contribution in [0, 0.1) is 5.92 Å². The second-order valence-corrected chi connectivity index (χ2v) is 26.5. The number of hydrogen-bond donors (Lipinski definition) is 7. The van der Waals surface area contributed by atoms with Crippen LogP contribution in [0.3, 0.4) is 0 Å². The number of benzene rings is 3. The highest BCUT2D eigenvalue weighted by atomic mass is 32.1. The van der Waals surface area contributed by atoms with Crippen LogP contribution in [0.1, 0.15) is 57.8 Å². The lowest BCUT2D eigenvalue weighted by Crippen LogP contribution is -2.56. The van der Waals surface area contributed by atoms with Gasteiger partial charge in [0.25, 0.3) is 0 Å². The summed E-state index contributed by atoms with van der Waals surface area (Å²) in [6, 6.07) is 24.9. The first-order valence-electron chi connectivity index (χ1n) is 30.1. The van der Waals surface area contributed by atoms with Gasteiger partial charge in [0.05, 0.1) is 62.0 Å². The number of aromatic nitrogens is 14. The zero-order valence-corrected chi connectivity index (χ0v) is 52.1.